The Kier molecular flexibility index (Phi) is 8.49. The summed E-state index contributed by atoms with van der Waals surface area (Å²) in [7, 11) is 1.89. The van der Waals surface area contributed by atoms with Gasteiger partial charge in [-0.1, -0.05) is 48.7 Å². The molecule has 2 amide bonds. The number of amides is 2. The molecular formula is C32H32Cl2N4O4S. The Labute approximate surface area is 263 Å². The summed E-state index contributed by atoms with van der Waals surface area (Å²) < 4.78 is 1.91. The minimum Gasteiger partial charge on any atom is -0.481 e. The first-order chi connectivity index (χ1) is 20.7. The third-order valence-electron chi connectivity index (χ3n) is 8.68. The lowest BCUT2D eigenvalue weighted by Gasteiger charge is -2.34. The standard InChI is InChI=1S/C32H32Cl2N4O4S/c1-37-17-22(21-7-3-5-9-26(21)37)30(41)36-24-12-10-19(14-23(24)33)29(34)32(42)38-25-8-4-2-6-18(25)15-27(38)31-35-16-20(43-31)11-13-28(39)40/h3,5,7,9-10,12,14,16-18,25,27,29H,2,4,6,8,11,13,15H2,1H3,(H,36,41)(H,39,40)/t18?,25?,27-,29?/m0/s1. The zero-order valence-corrected chi connectivity index (χ0v) is 26.0. The number of aryl methyl sites for hydroxylation is 2. The van der Waals surface area contributed by atoms with Gasteiger partial charge in [0.15, 0.2) is 0 Å². The van der Waals surface area contributed by atoms with E-state index in [4.69, 9.17) is 28.3 Å². The molecule has 1 aliphatic heterocycles. The van der Waals surface area contributed by atoms with E-state index in [1.54, 1.807) is 30.6 Å². The van der Waals surface area contributed by atoms with Crippen LogP contribution in [0.2, 0.25) is 5.02 Å². The molecule has 8 nitrogen and oxygen atoms in total. The van der Waals surface area contributed by atoms with Crippen LogP contribution in [0.15, 0.2) is 54.9 Å². The number of rotatable bonds is 8. The van der Waals surface area contributed by atoms with Crippen LogP contribution >= 0.6 is 34.5 Å². The van der Waals surface area contributed by atoms with Gasteiger partial charge in [0.05, 0.1) is 28.7 Å². The number of hydrogen-bond donors (Lipinski definition) is 2. The first-order valence-corrected chi connectivity index (χ1v) is 16.1. The largest absolute Gasteiger partial charge is 0.481 e. The van der Waals surface area contributed by atoms with E-state index in [0.29, 0.717) is 34.2 Å². The van der Waals surface area contributed by atoms with Crippen molar-refractivity contribution in [3.63, 3.8) is 0 Å². The number of aromatic nitrogens is 2. The number of carbonyl (C=O) groups excluding carboxylic acids is 2. The number of alkyl halides is 1. The van der Waals surface area contributed by atoms with Gasteiger partial charge in [-0.15, -0.1) is 22.9 Å². The van der Waals surface area contributed by atoms with Crippen LogP contribution in [-0.4, -0.2) is 43.4 Å². The molecule has 0 spiro atoms. The number of nitrogens with zero attached hydrogens (tertiary/aromatic N) is 3. The molecule has 2 fully saturated rings. The number of nitrogens with one attached hydrogen (secondary N) is 1. The minimum atomic E-state index is -0.963. The maximum Gasteiger partial charge on any atom is 0.303 e. The first kappa shape index (κ1) is 29.7. The molecule has 11 heteroatoms. The van der Waals surface area contributed by atoms with Gasteiger partial charge in [-0.25, -0.2) is 4.98 Å². The number of likely N-dealkylation sites (tertiary alicyclic amines) is 1. The summed E-state index contributed by atoms with van der Waals surface area (Å²) in [6.45, 7) is 0. The van der Waals surface area contributed by atoms with Gasteiger partial charge in [0.2, 0.25) is 5.91 Å². The molecular weight excluding hydrogens is 607 g/mol. The second-order valence-electron chi connectivity index (χ2n) is 11.4. The fourth-order valence-corrected chi connectivity index (χ4v) is 8.11. The van der Waals surface area contributed by atoms with E-state index in [-0.39, 0.29) is 30.3 Å². The van der Waals surface area contributed by atoms with Crippen molar-refractivity contribution in [2.24, 2.45) is 13.0 Å². The van der Waals surface area contributed by atoms with Crippen molar-refractivity contribution in [1.29, 1.82) is 0 Å². The van der Waals surface area contributed by atoms with Crippen LogP contribution in [0.1, 0.15) is 75.8 Å². The fraction of sp³-hybridized carbons (Fsp3) is 0.375. The van der Waals surface area contributed by atoms with Crippen LogP contribution in [0.3, 0.4) is 0 Å². The van der Waals surface area contributed by atoms with Crippen LogP contribution in [0.5, 0.6) is 0 Å². The van der Waals surface area contributed by atoms with E-state index >= 15 is 0 Å². The number of fused-ring (bicyclic) bond motifs is 2. The molecule has 0 bridgehead atoms. The molecule has 6 rings (SSSR count). The molecule has 2 aromatic heterocycles. The van der Waals surface area contributed by atoms with E-state index in [1.807, 2.05) is 40.8 Å². The van der Waals surface area contributed by atoms with E-state index < -0.39 is 11.3 Å². The number of para-hydroxylation sites is 1. The van der Waals surface area contributed by atoms with Crippen molar-refractivity contribution in [2.75, 3.05) is 5.32 Å². The summed E-state index contributed by atoms with van der Waals surface area (Å²) in [5.74, 6) is -0.930. The fourth-order valence-electron chi connectivity index (χ4n) is 6.60. The Balaban J connectivity index is 1.21. The third-order valence-corrected chi connectivity index (χ3v) is 10.6. The molecule has 4 aromatic rings. The van der Waals surface area contributed by atoms with E-state index in [2.05, 4.69) is 10.3 Å². The smallest absolute Gasteiger partial charge is 0.303 e. The zero-order chi connectivity index (χ0) is 30.2. The summed E-state index contributed by atoms with van der Waals surface area (Å²) in [5, 5.41) is 13.0. The number of aliphatic carboxylic acids is 1. The van der Waals surface area contributed by atoms with Gasteiger partial charge in [-0.2, -0.15) is 0 Å². The highest BCUT2D eigenvalue weighted by atomic mass is 35.5. The lowest BCUT2D eigenvalue weighted by Crippen LogP contribution is -2.42. The molecule has 1 aliphatic carbocycles. The Morgan fingerprint density at radius 3 is 2.74 bits per heavy atom. The van der Waals surface area contributed by atoms with E-state index in [0.717, 1.165) is 52.9 Å². The third kappa shape index (κ3) is 5.90. The number of carbonyl (C=O) groups is 3. The van der Waals surface area contributed by atoms with Gasteiger partial charge in [0.25, 0.3) is 5.91 Å². The van der Waals surface area contributed by atoms with Gasteiger partial charge in [0, 0.05) is 41.3 Å². The predicted molar refractivity (Wildman–Crippen MR) is 169 cm³/mol. The van der Waals surface area contributed by atoms with Crippen molar-refractivity contribution >= 4 is 68.9 Å². The molecule has 4 atom stereocenters. The topological polar surface area (TPSA) is 105 Å². The molecule has 224 valence electrons. The summed E-state index contributed by atoms with van der Waals surface area (Å²) in [4.78, 5) is 45.8. The number of thiazole rings is 1. The second kappa shape index (κ2) is 12.3. The van der Waals surface area contributed by atoms with E-state index in [9.17, 15) is 14.4 Å². The summed E-state index contributed by atoms with van der Waals surface area (Å²) in [5.41, 5.74) is 2.48. The van der Waals surface area contributed by atoms with Crippen molar-refractivity contribution in [3.05, 3.63) is 80.9 Å². The molecule has 3 heterocycles. The zero-order valence-electron chi connectivity index (χ0n) is 23.6. The van der Waals surface area contributed by atoms with Crippen LogP contribution < -0.4 is 5.32 Å². The average Bonchev–Trinajstić information content (AvgIpc) is 3.72. The van der Waals surface area contributed by atoms with Crippen LogP contribution in [0, 0.1) is 5.92 Å². The number of halogens is 2. The van der Waals surface area contributed by atoms with Gasteiger partial charge >= 0.3 is 5.97 Å². The average molecular weight is 640 g/mol. The molecule has 2 aliphatic rings. The highest BCUT2D eigenvalue weighted by Crippen LogP contribution is 2.48. The summed E-state index contributed by atoms with van der Waals surface area (Å²) >= 11 is 15.0. The lowest BCUT2D eigenvalue weighted by molar-refractivity contribution is -0.137. The molecule has 2 aromatic carbocycles. The second-order valence-corrected chi connectivity index (χ2v) is 13.4. The van der Waals surface area contributed by atoms with Gasteiger partial charge in [-0.3, -0.25) is 14.4 Å². The number of carboxylic acid groups (broad SMARTS) is 1. The normalized spacial score (nSPS) is 20.6. The summed E-state index contributed by atoms with van der Waals surface area (Å²) in [6, 6.07) is 12.6. The van der Waals surface area contributed by atoms with Crippen LogP contribution in [-0.2, 0) is 23.1 Å². The number of carboxylic acids is 1. The van der Waals surface area contributed by atoms with Gasteiger partial charge < -0.3 is 19.9 Å². The monoisotopic (exact) mass is 638 g/mol. The minimum absolute atomic E-state index is 0.0447. The lowest BCUT2D eigenvalue weighted by atomic mass is 9.84. The van der Waals surface area contributed by atoms with Crippen LogP contribution in [0.25, 0.3) is 10.9 Å². The van der Waals surface area contributed by atoms with Gasteiger partial charge in [-0.05, 0) is 55.4 Å². The van der Waals surface area contributed by atoms with E-state index in [1.165, 1.54) is 11.3 Å². The van der Waals surface area contributed by atoms with Crippen molar-refractivity contribution in [3.8, 4) is 0 Å². The number of benzene rings is 2. The number of anilines is 1. The molecule has 0 radical (unpaired) electrons. The molecule has 2 N–H and O–H groups in total. The maximum absolute atomic E-state index is 14.1. The maximum atomic E-state index is 14.1. The van der Waals surface area contributed by atoms with Crippen LogP contribution in [0.4, 0.5) is 5.69 Å². The Morgan fingerprint density at radius 2 is 1.95 bits per heavy atom. The molecule has 1 saturated heterocycles. The van der Waals surface area contributed by atoms with Crippen molar-refractivity contribution < 1.29 is 19.5 Å². The quantitative estimate of drug-likeness (QED) is 0.196. The molecule has 1 saturated carbocycles. The molecule has 3 unspecified atom stereocenters. The molecule has 43 heavy (non-hydrogen) atoms. The SMILES string of the molecule is Cn1cc(C(=O)Nc2ccc(C(Cl)C(=O)N3C4CCCCC4C[C@H]3c3ncc(CCC(=O)O)s3)cc2Cl)c2ccccc21. The number of hydrogen-bond acceptors (Lipinski definition) is 5. The van der Waals surface area contributed by atoms with Crippen molar-refractivity contribution in [1.82, 2.24) is 14.5 Å². The highest BCUT2D eigenvalue weighted by Gasteiger charge is 2.47. The Hall–Kier alpha value is -3.40. The highest BCUT2D eigenvalue weighted by molar-refractivity contribution is 7.11. The Morgan fingerprint density at radius 1 is 1.16 bits per heavy atom. The summed E-state index contributed by atoms with van der Waals surface area (Å²) in [6.07, 6.45) is 9.00. The Bertz CT molecular complexity index is 1700. The first-order valence-electron chi connectivity index (χ1n) is 14.5. The predicted octanol–water partition coefficient (Wildman–Crippen LogP) is 7.37. The van der Waals surface area contributed by atoms with Crippen molar-refractivity contribution in [2.45, 2.75) is 62.4 Å². The van der Waals surface area contributed by atoms with Gasteiger partial charge in [0.1, 0.15) is 10.4 Å².